The summed E-state index contributed by atoms with van der Waals surface area (Å²) in [5, 5.41) is 4.09. The predicted molar refractivity (Wildman–Crippen MR) is 95.8 cm³/mol. The molecule has 4 rings (SSSR count). The van der Waals surface area contributed by atoms with Crippen LogP contribution in [-0.2, 0) is 11.2 Å². The number of likely N-dealkylation sites (tertiary alicyclic amines) is 1. The maximum absolute atomic E-state index is 12.8. The zero-order valence-electron chi connectivity index (χ0n) is 15.1. The van der Waals surface area contributed by atoms with E-state index in [1.54, 1.807) is 0 Å². The quantitative estimate of drug-likeness (QED) is 0.796. The molecule has 2 aliphatic rings. The second kappa shape index (κ2) is 7.48. The monoisotopic (exact) mass is 355 g/mol. The molecule has 2 atom stereocenters. The smallest absolute Gasteiger partial charge is 0.263 e. The van der Waals surface area contributed by atoms with E-state index >= 15 is 0 Å². The first kappa shape index (κ1) is 17.1. The van der Waals surface area contributed by atoms with Crippen molar-refractivity contribution in [1.29, 1.82) is 0 Å². The van der Waals surface area contributed by atoms with E-state index in [-0.39, 0.29) is 5.91 Å². The van der Waals surface area contributed by atoms with E-state index in [4.69, 9.17) is 9.26 Å². The summed E-state index contributed by atoms with van der Waals surface area (Å²) in [6.45, 7) is 3.33. The van der Waals surface area contributed by atoms with Gasteiger partial charge in [0.1, 0.15) is 5.75 Å². The molecule has 6 heteroatoms. The molecule has 26 heavy (non-hydrogen) atoms. The number of ether oxygens (including phenoxy) is 1. The molecule has 2 aromatic rings. The van der Waals surface area contributed by atoms with Gasteiger partial charge in [0, 0.05) is 25.4 Å². The molecule has 0 radical (unpaired) electrons. The molecule has 2 unspecified atom stereocenters. The van der Waals surface area contributed by atoms with Crippen LogP contribution >= 0.6 is 0 Å². The Labute approximate surface area is 153 Å². The Morgan fingerprint density at radius 2 is 2.12 bits per heavy atom. The van der Waals surface area contributed by atoms with Gasteiger partial charge >= 0.3 is 0 Å². The molecule has 1 aromatic heterocycles. The van der Waals surface area contributed by atoms with Crippen LogP contribution in [0.4, 0.5) is 0 Å². The molecule has 1 amide bonds. The van der Waals surface area contributed by atoms with Gasteiger partial charge in [0.05, 0.1) is 0 Å². The summed E-state index contributed by atoms with van der Waals surface area (Å²) in [5.41, 5.74) is 0. The van der Waals surface area contributed by atoms with Crippen molar-refractivity contribution in [2.75, 3.05) is 13.1 Å². The lowest BCUT2D eigenvalue weighted by molar-refractivity contribution is -0.139. The summed E-state index contributed by atoms with van der Waals surface area (Å²) < 4.78 is 11.2. The average molecular weight is 355 g/mol. The third-order valence-corrected chi connectivity index (χ3v) is 5.12. The van der Waals surface area contributed by atoms with Crippen LogP contribution in [0.25, 0.3) is 0 Å². The van der Waals surface area contributed by atoms with Crippen molar-refractivity contribution in [2.24, 2.45) is 5.92 Å². The first-order chi connectivity index (χ1) is 12.7. The highest BCUT2D eigenvalue weighted by molar-refractivity contribution is 5.81. The lowest BCUT2D eigenvalue weighted by atomic mass is 9.94. The van der Waals surface area contributed by atoms with Gasteiger partial charge in [-0.1, -0.05) is 23.4 Å². The van der Waals surface area contributed by atoms with E-state index in [0.717, 1.165) is 43.9 Å². The Bertz CT molecular complexity index is 742. The van der Waals surface area contributed by atoms with Crippen molar-refractivity contribution in [2.45, 2.75) is 51.0 Å². The minimum atomic E-state index is -0.485. The Hall–Kier alpha value is -2.37. The van der Waals surface area contributed by atoms with Gasteiger partial charge in [-0.2, -0.15) is 4.98 Å². The lowest BCUT2D eigenvalue weighted by Gasteiger charge is -2.33. The van der Waals surface area contributed by atoms with Gasteiger partial charge in [-0.3, -0.25) is 4.79 Å². The number of aromatic nitrogens is 2. The highest BCUT2D eigenvalue weighted by Gasteiger charge is 2.31. The van der Waals surface area contributed by atoms with Crippen molar-refractivity contribution < 1.29 is 14.1 Å². The second-order valence-electron chi connectivity index (χ2n) is 7.39. The van der Waals surface area contributed by atoms with E-state index in [2.05, 4.69) is 10.1 Å². The summed E-state index contributed by atoms with van der Waals surface area (Å²) in [4.78, 5) is 19.2. The maximum Gasteiger partial charge on any atom is 0.263 e. The zero-order valence-corrected chi connectivity index (χ0v) is 15.1. The summed E-state index contributed by atoms with van der Waals surface area (Å²) in [6, 6.07) is 9.49. The Morgan fingerprint density at radius 1 is 1.31 bits per heavy atom. The van der Waals surface area contributed by atoms with Crippen LogP contribution in [-0.4, -0.2) is 40.1 Å². The molecule has 1 saturated carbocycles. The average Bonchev–Trinajstić information content (AvgIpc) is 3.42. The molecule has 138 valence electrons. The summed E-state index contributed by atoms with van der Waals surface area (Å²) in [6.07, 6.45) is 4.68. The highest BCUT2D eigenvalue weighted by Crippen LogP contribution is 2.38. The molecular weight excluding hydrogens is 330 g/mol. The van der Waals surface area contributed by atoms with Crippen molar-refractivity contribution in [3.63, 3.8) is 0 Å². The number of rotatable bonds is 6. The zero-order chi connectivity index (χ0) is 17.9. The fourth-order valence-electron chi connectivity index (χ4n) is 3.55. The third kappa shape index (κ3) is 4.06. The van der Waals surface area contributed by atoms with Gasteiger partial charge in [0.2, 0.25) is 5.89 Å². The number of carbonyl (C=O) groups excluding carboxylic acids is 1. The van der Waals surface area contributed by atoms with Gasteiger partial charge in [0.15, 0.2) is 11.9 Å². The number of benzene rings is 1. The van der Waals surface area contributed by atoms with E-state index in [1.165, 1.54) is 12.8 Å². The van der Waals surface area contributed by atoms with Crippen molar-refractivity contribution in [1.82, 2.24) is 15.0 Å². The number of amides is 1. The van der Waals surface area contributed by atoms with Crippen molar-refractivity contribution in [3.8, 4) is 5.75 Å². The molecule has 2 heterocycles. The molecule has 1 aliphatic heterocycles. The molecule has 6 nitrogen and oxygen atoms in total. The summed E-state index contributed by atoms with van der Waals surface area (Å²) in [5.74, 6) is 3.20. The molecule has 0 N–H and O–H groups in total. The van der Waals surface area contributed by atoms with Crippen LogP contribution in [0.3, 0.4) is 0 Å². The Kier molecular flexibility index (Phi) is 4.91. The maximum atomic E-state index is 12.8. The fourth-order valence-corrected chi connectivity index (χ4v) is 3.55. The van der Waals surface area contributed by atoms with Crippen LogP contribution in [0.15, 0.2) is 34.9 Å². The van der Waals surface area contributed by atoms with E-state index in [1.807, 2.05) is 42.2 Å². The Morgan fingerprint density at radius 3 is 2.88 bits per heavy atom. The first-order valence-corrected chi connectivity index (χ1v) is 9.52. The Balaban J connectivity index is 1.32. The summed E-state index contributed by atoms with van der Waals surface area (Å²) >= 11 is 0. The topological polar surface area (TPSA) is 68.5 Å². The second-order valence-corrected chi connectivity index (χ2v) is 7.39. The van der Waals surface area contributed by atoms with Crippen molar-refractivity contribution >= 4 is 5.91 Å². The van der Waals surface area contributed by atoms with Crippen LogP contribution < -0.4 is 4.74 Å². The number of piperidine rings is 1. The number of nitrogens with zero attached hydrogens (tertiary/aromatic N) is 3. The largest absolute Gasteiger partial charge is 0.481 e. The highest BCUT2D eigenvalue weighted by atomic mass is 16.5. The van der Waals surface area contributed by atoms with Crippen molar-refractivity contribution in [3.05, 3.63) is 42.0 Å². The predicted octanol–water partition coefficient (Wildman–Crippen LogP) is 3.20. The van der Waals surface area contributed by atoms with Crippen LogP contribution in [0.5, 0.6) is 5.75 Å². The minimum Gasteiger partial charge on any atom is -0.481 e. The van der Waals surface area contributed by atoms with E-state index in [9.17, 15) is 4.79 Å². The SMILES string of the molecule is CC(Oc1ccccc1)C(=O)N1CCCC(Cc2nc(C3CC3)no2)C1. The number of para-hydroxylation sites is 1. The minimum absolute atomic E-state index is 0.0442. The van der Waals surface area contributed by atoms with Gasteiger partial charge in [0.25, 0.3) is 5.91 Å². The van der Waals surface area contributed by atoms with Gasteiger partial charge in [-0.05, 0) is 50.7 Å². The van der Waals surface area contributed by atoms with Crippen LogP contribution in [0.2, 0.25) is 0 Å². The summed E-state index contributed by atoms with van der Waals surface area (Å²) in [7, 11) is 0. The van der Waals surface area contributed by atoms with E-state index < -0.39 is 6.10 Å². The van der Waals surface area contributed by atoms with E-state index in [0.29, 0.717) is 17.7 Å². The fraction of sp³-hybridized carbons (Fsp3) is 0.550. The first-order valence-electron chi connectivity index (χ1n) is 9.52. The number of carbonyl (C=O) groups is 1. The van der Waals surface area contributed by atoms with Gasteiger partial charge < -0.3 is 14.2 Å². The lowest BCUT2D eigenvalue weighted by Crippen LogP contribution is -2.46. The van der Waals surface area contributed by atoms with Crippen LogP contribution in [0, 0.1) is 5.92 Å². The van der Waals surface area contributed by atoms with Crippen LogP contribution in [0.1, 0.15) is 50.2 Å². The molecule has 1 saturated heterocycles. The molecule has 1 aliphatic carbocycles. The molecule has 1 aromatic carbocycles. The normalized spacial score (nSPS) is 21.4. The number of hydrogen-bond acceptors (Lipinski definition) is 5. The van der Waals surface area contributed by atoms with Gasteiger partial charge in [-0.15, -0.1) is 0 Å². The molecule has 0 bridgehead atoms. The molecule has 2 fully saturated rings. The number of hydrogen-bond donors (Lipinski definition) is 0. The standard InChI is InChI=1S/C20H25N3O3/c1-14(25-17-7-3-2-4-8-17)20(24)23-11-5-6-15(13-23)12-18-21-19(22-26-18)16-9-10-16/h2-4,7-8,14-16H,5-6,9-13H2,1H3. The third-order valence-electron chi connectivity index (χ3n) is 5.12. The molecule has 0 spiro atoms. The molecular formula is C20H25N3O3. The van der Waals surface area contributed by atoms with Gasteiger partial charge in [-0.25, -0.2) is 0 Å².